The van der Waals surface area contributed by atoms with E-state index in [0.717, 1.165) is 0 Å². The SMILES string of the molecule is COc1cccc(NC(=O)/C=C/c2cccc([N+](=O)[O-])c2)c1. The van der Waals surface area contributed by atoms with E-state index in [2.05, 4.69) is 5.32 Å². The third-order valence-electron chi connectivity index (χ3n) is 2.85. The van der Waals surface area contributed by atoms with Crippen LogP contribution in [0.25, 0.3) is 6.08 Å². The molecule has 0 aliphatic rings. The Morgan fingerprint density at radius 1 is 1.23 bits per heavy atom. The topological polar surface area (TPSA) is 81.5 Å². The zero-order chi connectivity index (χ0) is 15.9. The van der Waals surface area contributed by atoms with E-state index in [-0.39, 0.29) is 11.6 Å². The van der Waals surface area contributed by atoms with Crippen LogP contribution in [-0.2, 0) is 4.79 Å². The molecule has 2 rings (SSSR count). The number of nitro groups is 1. The molecule has 1 amide bonds. The largest absolute Gasteiger partial charge is 0.497 e. The van der Waals surface area contributed by atoms with Crippen molar-refractivity contribution in [2.24, 2.45) is 0 Å². The molecule has 0 aliphatic heterocycles. The van der Waals surface area contributed by atoms with Gasteiger partial charge in [-0.15, -0.1) is 0 Å². The summed E-state index contributed by atoms with van der Waals surface area (Å²) in [7, 11) is 1.54. The van der Waals surface area contributed by atoms with E-state index in [1.807, 2.05) is 0 Å². The number of rotatable bonds is 5. The van der Waals surface area contributed by atoms with Crippen LogP contribution in [0.3, 0.4) is 0 Å². The number of hydrogen-bond donors (Lipinski definition) is 1. The molecule has 112 valence electrons. The van der Waals surface area contributed by atoms with Gasteiger partial charge in [-0.1, -0.05) is 18.2 Å². The van der Waals surface area contributed by atoms with E-state index in [4.69, 9.17) is 4.74 Å². The Bertz CT molecular complexity index is 726. The van der Waals surface area contributed by atoms with Crippen molar-refractivity contribution in [2.75, 3.05) is 12.4 Å². The van der Waals surface area contributed by atoms with Gasteiger partial charge in [-0.2, -0.15) is 0 Å². The van der Waals surface area contributed by atoms with Gasteiger partial charge in [0.2, 0.25) is 5.91 Å². The van der Waals surface area contributed by atoms with Crippen molar-refractivity contribution in [2.45, 2.75) is 0 Å². The minimum Gasteiger partial charge on any atom is -0.497 e. The molecular weight excluding hydrogens is 284 g/mol. The van der Waals surface area contributed by atoms with E-state index in [1.54, 1.807) is 43.5 Å². The number of ether oxygens (including phenoxy) is 1. The first-order valence-electron chi connectivity index (χ1n) is 6.46. The molecule has 0 aromatic heterocycles. The Morgan fingerprint density at radius 2 is 2.00 bits per heavy atom. The predicted molar refractivity (Wildman–Crippen MR) is 83.8 cm³/mol. The predicted octanol–water partition coefficient (Wildman–Crippen LogP) is 3.26. The highest BCUT2D eigenvalue weighted by molar-refractivity contribution is 6.02. The monoisotopic (exact) mass is 298 g/mol. The van der Waals surface area contributed by atoms with Gasteiger partial charge < -0.3 is 10.1 Å². The quantitative estimate of drug-likeness (QED) is 0.522. The molecule has 2 aromatic carbocycles. The number of non-ortho nitro benzene ring substituents is 1. The molecule has 0 unspecified atom stereocenters. The number of carbonyl (C=O) groups is 1. The average molecular weight is 298 g/mol. The number of anilines is 1. The van der Waals surface area contributed by atoms with Crippen LogP contribution in [0, 0.1) is 10.1 Å². The van der Waals surface area contributed by atoms with Gasteiger partial charge in [0.25, 0.3) is 5.69 Å². The summed E-state index contributed by atoms with van der Waals surface area (Å²) in [6.07, 6.45) is 2.83. The highest BCUT2D eigenvalue weighted by Gasteiger charge is 2.04. The second-order valence-corrected chi connectivity index (χ2v) is 4.41. The summed E-state index contributed by atoms with van der Waals surface area (Å²) in [5.74, 6) is 0.306. The van der Waals surface area contributed by atoms with Gasteiger partial charge in [0.1, 0.15) is 5.75 Å². The molecule has 2 aromatic rings. The maximum atomic E-state index is 11.8. The smallest absolute Gasteiger partial charge is 0.270 e. The van der Waals surface area contributed by atoms with Gasteiger partial charge in [0, 0.05) is 30.0 Å². The molecule has 0 radical (unpaired) electrons. The molecule has 0 bridgehead atoms. The molecule has 6 heteroatoms. The third-order valence-corrected chi connectivity index (χ3v) is 2.85. The minimum absolute atomic E-state index is 0.0182. The Balaban J connectivity index is 2.05. The maximum absolute atomic E-state index is 11.8. The standard InChI is InChI=1S/C16H14N2O4/c1-22-15-7-3-5-13(11-15)17-16(19)9-8-12-4-2-6-14(10-12)18(20)21/h2-11H,1H3,(H,17,19)/b9-8+. The molecule has 1 N–H and O–H groups in total. The second-order valence-electron chi connectivity index (χ2n) is 4.41. The van der Waals surface area contributed by atoms with Crippen LogP contribution in [0.15, 0.2) is 54.6 Å². The number of carbonyl (C=O) groups excluding carboxylic acids is 1. The fraction of sp³-hybridized carbons (Fsp3) is 0.0625. The molecule has 0 heterocycles. The van der Waals surface area contributed by atoms with Crippen LogP contribution in [-0.4, -0.2) is 17.9 Å². The van der Waals surface area contributed by atoms with Gasteiger partial charge >= 0.3 is 0 Å². The zero-order valence-corrected chi connectivity index (χ0v) is 11.9. The van der Waals surface area contributed by atoms with E-state index in [0.29, 0.717) is 17.0 Å². The molecule has 6 nitrogen and oxygen atoms in total. The first kappa shape index (κ1) is 15.2. The number of hydrogen-bond acceptors (Lipinski definition) is 4. The van der Waals surface area contributed by atoms with Crippen LogP contribution in [0.2, 0.25) is 0 Å². The zero-order valence-electron chi connectivity index (χ0n) is 11.9. The van der Waals surface area contributed by atoms with Crippen LogP contribution in [0.5, 0.6) is 5.75 Å². The molecule has 0 fully saturated rings. The summed E-state index contributed by atoms with van der Waals surface area (Å²) in [6, 6.07) is 13.0. The Labute approximate surface area is 127 Å². The van der Waals surface area contributed by atoms with Crippen molar-refractivity contribution < 1.29 is 14.5 Å². The van der Waals surface area contributed by atoms with Crippen molar-refractivity contribution in [1.82, 2.24) is 0 Å². The minimum atomic E-state index is -0.479. The Hall–Kier alpha value is -3.15. The normalized spacial score (nSPS) is 10.4. The summed E-state index contributed by atoms with van der Waals surface area (Å²) in [5.41, 5.74) is 1.17. The molecule has 0 aliphatic carbocycles. The number of amides is 1. The molecule has 0 spiro atoms. The van der Waals surface area contributed by atoms with Crippen LogP contribution in [0.1, 0.15) is 5.56 Å². The lowest BCUT2D eigenvalue weighted by molar-refractivity contribution is -0.384. The van der Waals surface area contributed by atoms with Gasteiger partial charge in [-0.25, -0.2) is 0 Å². The molecular formula is C16H14N2O4. The number of benzene rings is 2. The van der Waals surface area contributed by atoms with Crippen LogP contribution >= 0.6 is 0 Å². The maximum Gasteiger partial charge on any atom is 0.270 e. The average Bonchev–Trinajstić information content (AvgIpc) is 2.53. The third kappa shape index (κ3) is 4.17. The Morgan fingerprint density at radius 3 is 2.73 bits per heavy atom. The summed E-state index contributed by atoms with van der Waals surface area (Å²) in [5, 5.41) is 13.4. The highest BCUT2D eigenvalue weighted by Crippen LogP contribution is 2.17. The van der Waals surface area contributed by atoms with Crippen LogP contribution < -0.4 is 10.1 Å². The van der Waals surface area contributed by atoms with E-state index >= 15 is 0 Å². The number of nitro benzene ring substituents is 1. The van der Waals surface area contributed by atoms with E-state index < -0.39 is 4.92 Å². The Kier molecular flexibility index (Phi) is 4.87. The van der Waals surface area contributed by atoms with E-state index in [1.165, 1.54) is 24.3 Å². The lowest BCUT2D eigenvalue weighted by Gasteiger charge is -2.04. The lowest BCUT2D eigenvalue weighted by Crippen LogP contribution is -2.07. The summed E-state index contributed by atoms with van der Waals surface area (Å²) in [6.45, 7) is 0. The van der Waals surface area contributed by atoms with Gasteiger partial charge in [0.05, 0.1) is 12.0 Å². The first-order chi connectivity index (χ1) is 10.6. The number of nitrogens with one attached hydrogen (secondary N) is 1. The van der Waals surface area contributed by atoms with Gasteiger partial charge in [-0.05, 0) is 23.8 Å². The summed E-state index contributed by atoms with van der Waals surface area (Å²) in [4.78, 5) is 22.0. The van der Waals surface area contributed by atoms with Crippen molar-refractivity contribution >= 4 is 23.4 Å². The molecule has 0 atom stereocenters. The first-order valence-corrected chi connectivity index (χ1v) is 6.46. The van der Waals surface area contributed by atoms with Crippen molar-refractivity contribution in [3.63, 3.8) is 0 Å². The molecule has 0 saturated carbocycles. The van der Waals surface area contributed by atoms with Crippen molar-refractivity contribution in [3.05, 3.63) is 70.3 Å². The second kappa shape index (κ2) is 7.03. The van der Waals surface area contributed by atoms with Gasteiger partial charge in [-0.3, -0.25) is 14.9 Å². The highest BCUT2D eigenvalue weighted by atomic mass is 16.6. The van der Waals surface area contributed by atoms with Crippen molar-refractivity contribution in [3.8, 4) is 5.75 Å². The molecule has 22 heavy (non-hydrogen) atoms. The fourth-order valence-corrected chi connectivity index (χ4v) is 1.80. The summed E-state index contributed by atoms with van der Waals surface area (Å²) < 4.78 is 5.07. The fourth-order valence-electron chi connectivity index (χ4n) is 1.80. The number of nitrogens with zero attached hydrogens (tertiary/aromatic N) is 1. The molecule has 0 saturated heterocycles. The van der Waals surface area contributed by atoms with Crippen LogP contribution in [0.4, 0.5) is 11.4 Å². The van der Waals surface area contributed by atoms with Gasteiger partial charge in [0.15, 0.2) is 0 Å². The van der Waals surface area contributed by atoms with E-state index in [9.17, 15) is 14.9 Å². The summed E-state index contributed by atoms with van der Waals surface area (Å²) >= 11 is 0. The van der Waals surface area contributed by atoms with Crippen molar-refractivity contribution in [1.29, 1.82) is 0 Å². The lowest BCUT2D eigenvalue weighted by atomic mass is 10.2. The number of methoxy groups -OCH3 is 1.